The number of amides is 1. The number of rotatable bonds is 4. The molecule has 4 nitrogen and oxygen atoms in total. The number of nitrogens with zero attached hydrogens (tertiary/aromatic N) is 1. The van der Waals surface area contributed by atoms with E-state index >= 15 is 0 Å². The van der Waals surface area contributed by atoms with Gasteiger partial charge in [0.25, 0.3) is 0 Å². The molecule has 2 bridgehead atoms. The summed E-state index contributed by atoms with van der Waals surface area (Å²) in [6.45, 7) is 2.98. The molecule has 0 aromatic heterocycles. The summed E-state index contributed by atoms with van der Waals surface area (Å²) in [5, 5.41) is 13.4. The Bertz CT molecular complexity index is 504. The molecule has 0 aliphatic carbocycles. The molecule has 1 amide bonds. The molecular formula is C16H20N2O2. The van der Waals surface area contributed by atoms with Crippen molar-refractivity contribution in [2.24, 2.45) is 5.92 Å². The van der Waals surface area contributed by atoms with Gasteiger partial charge < -0.3 is 15.3 Å². The van der Waals surface area contributed by atoms with Gasteiger partial charge in [-0.1, -0.05) is 24.3 Å². The molecule has 1 aromatic carbocycles. The van der Waals surface area contributed by atoms with Crippen LogP contribution in [0.15, 0.2) is 30.3 Å². The molecular weight excluding hydrogens is 252 g/mol. The van der Waals surface area contributed by atoms with Crippen molar-refractivity contribution in [2.45, 2.75) is 18.4 Å². The number of anilines is 1. The first-order valence-corrected chi connectivity index (χ1v) is 7.14. The van der Waals surface area contributed by atoms with Gasteiger partial charge in [-0.2, -0.15) is 0 Å². The number of piperidine rings is 3. The van der Waals surface area contributed by atoms with Crippen LogP contribution in [0.2, 0.25) is 0 Å². The Hall–Kier alpha value is -1.65. The molecule has 3 aliphatic heterocycles. The van der Waals surface area contributed by atoms with Gasteiger partial charge in [-0.25, -0.2) is 0 Å². The highest BCUT2D eigenvalue weighted by Crippen LogP contribution is 2.36. The maximum atomic E-state index is 10.8. The summed E-state index contributed by atoms with van der Waals surface area (Å²) in [5.41, 5.74) is 1.13. The third-order valence-electron chi connectivity index (χ3n) is 4.47. The number of hydrogen-bond donors (Lipinski definition) is 2. The Labute approximate surface area is 119 Å². The highest BCUT2D eigenvalue weighted by Gasteiger charge is 2.43. The first-order valence-electron chi connectivity index (χ1n) is 7.14. The second kappa shape index (κ2) is 5.38. The molecule has 1 atom stereocenters. The fraction of sp³-hybridized carbons (Fsp3) is 0.438. The lowest BCUT2D eigenvalue weighted by atomic mass is 9.75. The SMILES string of the molecule is O=CNc1ccc(C=CC2(O)CN3CCC2CC3)cc1. The summed E-state index contributed by atoms with van der Waals surface area (Å²) in [4.78, 5) is 12.7. The Balaban J connectivity index is 1.71. The Morgan fingerprint density at radius 2 is 1.95 bits per heavy atom. The number of carbonyl (C=O) groups excluding carboxylic acids is 1. The van der Waals surface area contributed by atoms with Crippen LogP contribution in [0.1, 0.15) is 18.4 Å². The van der Waals surface area contributed by atoms with Gasteiger partial charge in [0.05, 0.1) is 5.60 Å². The van der Waals surface area contributed by atoms with Crippen LogP contribution in [0.5, 0.6) is 0 Å². The van der Waals surface area contributed by atoms with E-state index in [1.807, 2.05) is 36.4 Å². The molecule has 4 heteroatoms. The minimum absolute atomic E-state index is 0.389. The fourth-order valence-electron chi connectivity index (χ4n) is 3.27. The number of benzene rings is 1. The highest BCUT2D eigenvalue weighted by atomic mass is 16.3. The molecule has 0 saturated carbocycles. The van der Waals surface area contributed by atoms with Crippen LogP contribution in [0, 0.1) is 5.92 Å². The molecule has 3 heterocycles. The standard InChI is InChI=1S/C16H20N2O2/c19-12-17-15-3-1-13(2-4-15)5-8-16(20)11-18-9-6-14(16)7-10-18/h1-5,8,12,14,20H,6-7,9-11H2,(H,17,19). The van der Waals surface area contributed by atoms with Crippen LogP contribution in [0.3, 0.4) is 0 Å². The number of hydrogen-bond acceptors (Lipinski definition) is 3. The lowest BCUT2D eigenvalue weighted by molar-refractivity contribution is -0.105. The molecule has 20 heavy (non-hydrogen) atoms. The first kappa shape index (κ1) is 13.3. The first-order chi connectivity index (χ1) is 9.69. The average molecular weight is 272 g/mol. The third-order valence-corrected chi connectivity index (χ3v) is 4.47. The number of aliphatic hydroxyl groups is 1. The quantitative estimate of drug-likeness (QED) is 0.821. The van der Waals surface area contributed by atoms with Crippen molar-refractivity contribution in [1.29, 1.82) is 0 Å². The third kappa shape index (κ3) is 2.62. The molecule has 1 aromatic rings. The zero-order valence-corrected chi connectivity index (χ0v) is 11.5. The monoisotopic (exact) mass is 272 g/mol. The van der Waals surface area contributed by atoms with Crippen molar-refractivity contribution in [3.8, 4) is 0 Å². The molecule has 0 radical (unpaired) electrons. The number of fused-ring (bicyclic) bond motifs is 3. The second-order valence-corrected chi connectivity index (χ2v) is 5.76. The van der Waals surface area contributed by atoms with E-state index in [9.17, 15) is 9.90 Å². The lowest BCUT2D eigenvalue weighted by Gasteiger charge is -2.49. The second-order valence-electron chi connectivity index (χ2n) is 5.76. The van der Waals surface area contributed by atoms with Crippen molar-refractivity contribution in [3.63, 3.8) is 0 Å². The van der Waals surface area contributed by atoms with Crippen LogP contribution in [-0.2, 0) is 4.79 Å². The van der Waals surface area contributed by atoms with E-state index in [4.69, 9.17) is 0 Å². The smallest absolute Gasteiger partial charge is 0.211 e. The normalized spacial score (nSPS) is 32.5. The topological polar surface area (TPSA) is 52.6 Å². The fourth-order valence-corrected chi connectivity index (χ4v) is 3.27. The van der Waals surface area contributed by atoms with Crippen LogP contribution in [0.25, 0.3) is 6.08 Å². The predicted octanol–water partition coefficient (Wildman–Crippen LogP) is 1.72. The van der Waals surface area contributed by atoms with Crippen LogP contribution in [-0.4, -0.2) is 41.7 Å². The molecule has 3 aliphatic rings. The van der Waals surface area contributed by atoms with Crippen molar-refractivity contribution in [1.82, 2.24) is 4.90 Å². The molecule has 3 fully saturated rings. The van der Waals surface area contributed by atoms with Crippen molar-refractivity contribution in [2.75, 3.05) is 25.0 Å². The van der Waals surface area contributed by atoms with Gasteiger partial charge >= 0.3 is 0 Å². The maximum absolute atomic E-state index is 10.8. The van der Waals surface area contributed by atoms with Crippen LogP contribution >= 0.6 is 0 Å². The molecule has 1 unspecified atom stereocenters. The molecule has 106 valence electrons. The molecule has 0 spiro atoms. The van der Waals surface area contributed by atoms with E-state index in [1.165, 1.54) is 0 Å². The summed E-state index contributed by atoms with van der Waals surface area (Å²) in [7, 11) is 0. The van der Waals surface area contributed by atoms with Crippen molar-refractivity contribution < 1.29 is 9.90 Å². The number of nitrogens with one attached hydrogen (secondary N) is 1. The predicted molar refractivity (Wildman–Crippen MR) is 79.3 cm³/mol. The van der Waals surface area contributed by atoms with E-state index in [2.05, 4.69) is 10.2 Å². The van der Waals surface area contributed by atoms with Gasteiger partial charge in [0.1, 0.15) is 0 Å². The molecule has 2 N–H and O–H groups in total. The Morgan fingerprint density at radius 3 is 2.50 bits per heavy atom. The minimum Gasteiger partial charge on any atom is -0.384 e. The minimum atomic E-state index is -0.684. The maximum Gasteiger partial charge on any atom is 0.211 e. The largest absolute Gasteiger partial charge is 0.384 e. The van der Waals surface area contributed by atoms with Gasteiger partial charge in [-0.3, -0.25) is 4.79 Å². The van der Waals surface area contributed by atoms with E-state index in [0.29, 0.717) is 12.3 Å². The zero-order chi connectivity index (χ0) is 14.0. The Morgan fingerprint density at radius 1 is 1.25 bits per heavy atom. The van der Waals surface area contributed by atoms with E-state index < -0.39 is 5.60 Å². The van der Waals surface area contributed by atoms with Crippen LogP contribution < -0.4 is 5.32 Å². The summed E-state index contributed by atoms with van der Waals surface area (Å²) in [6.07, 6.45) is 6.77. The zero-order valence-electron chi connectivity index (χ0n) is 11.5. The van der Waals surface area contributed by atoms with Gasteiger partial charge in [0, 0.05) is 12.2 Å². The van der Waals surface area contributed by atoms with Gasteiger partial charge in [0.15, 0.2) is 0 Å². The lowest BCUT2D eigenvalue weighted by Crippen LogP contribution is -2.58. The van der Waals surface area contributed by atoms with Gasteiger partial charge in [-0.15, -0.1) is 0 Å². The van der Waals surface area contributed by atoms with E-state index in [1.54, 1.807) is 0 Å². The molecule has 4 rings (SSSR count). The van der Waals surface area contributed by atoms with E-state index in [-0.39, 0.29) is 0 Å². The Kier molecular flexibility index (Phi) is 3.59. The summed E-state index contributed by atoms with van der Waals surface area (Å²) in [6, 6.07) is 7.59. The van der Waals surface area contributed by atoms with Gasteiger partial charge in [0.2, 0.25) is 6.41 Å². The summed E-state index contributed by atoms with van der Waals surface area (Å²) >= 11 is 0. The highest BCUT2D eigenvalue weighted by molar-refractivity contribution is 5.71. The number of carbonyl (C=O) groups is 1. The van der Waals surface area contributed by atoms with Gasteiger partial charge in [-0.05, 0) is 49.5 Å². The summed E-state index contributed by atoms with van der Waals surface area (Å²) < 4.78 is 0. The van der Waals surface area contributed by atoms with Crippen LogP contribution in [0.4, 0.5) is 5.69 Å². The van der Waals surface area contributed by atoms with E-state index in [0.717, 1.165) is 43.7 Å². The summed E-state index contributed by atoms with van der Waals surface area (Å²) in [5.74, 6) is 0.389. The molecule has 3 saturated heterocycles. The average Bonchev–Trinajstić information content (AvgIpc) is 2.48. The van der Waals surface area contributed by atoms with Crippen molar-refractivity contribution in [3.05, 3.63) is 35.9 Å². The van der Waals surface area contributed by atoms with Crippen molar-refractivity contribution >= 4 is 18.2 Å².